The quantitative estimate of drug-likeness (QED) is 0.604. The first-order valence-corrected chi connectivity index (χ1v) is 9.15. The zero-order chi connectivity index (χ0) is 15.5. The Balaban J connectivity index is 1.89. The zero-order valence-electron chi connectivity index (χ0n) is 12.6. The van der Waals surface area contributed by atoms with E-state index in [0.29, 0.717) is 10.8 Å². The van der Waals surface area contributed by atoms with Gasteiger partial charge in [0.25, 0.3) is 10.0 Å². The molecule has 21 heavy (non-hydrogen) atoms. The summed E-state index contributed by atoms with van der Waals surface area (Å²) < 4.78 is 25.6. The number of thiophene rings is 1. The minimum atomic E-state index is -3.34. The molecule has 6 nitrogen and oxygen atoms in total. The van der Waals surface area contributed by atoms with Gasteiger partial charge in [0.1, 0.15) is 4.21 Å². The Kier molecular flexibility index (Phi) is 5.23. The molecule has 0 aromatic carbocycles. The van der Waals surface area contributed by atoms with E-state index < -0.39 is 10.0 Å². The van der Waals surface area contributed by atoms with Crippen molar-refractivity contribution in [2.45, 2.75) is 23.6 Å². The van der Waals surface area contributed by atoms with Crippen molar-refractivity contribution in [2.75, 3.05) is 27.7 Å². The molecule has 1 heterocycles. The smallest absolute Gasteiger partial charge is 0.252 e. The number of nitrogens with zero attached hydrogens (tertiary/aromatic N) is 2. The molecule has 0 aliphatic heterocycles. The van der Waals surface area contributed by atoms with Crippen LogP contribution in [0.4, 0.5) is 0 Å². The summed E-state index contributed by atoms with van der Waals surface area (Å²) in [6.07, 6.45) is 2.58. The molecule has 1 aliphatic carbocycles. The van der Waals surface area contributed by atoms with E-state index in [1.807, 2.05) is 6.07 Å². The number of nitrogens with one attached hydrogen (secondary N) is 2. The number of rotatable bonds is 6. The number of sulfonamides is 1. The molecule has 1 aliphatic rings. The SMILES string of the molecule is CN=C(NCc1ccc(S(=O)(=O)N(C)C)s1)NCC1CC1. The molecule has 1 aromatic heterocycles. The molecule has 118 valence electrons. The Hall–Kier alpha value is -1.12. The highest BCUT2D eigenvalue weighted by molar-refractivity contribution is 7.91. The van der Waals surface area contributed by atoms with E-state index in [9.17, 15) is 8.42 Å². The topological polar surface area (TPSA) is 73.8 Å². The predicted octanol–water partition coefficient (Wildman–Crippen LogP) is 1.07. The Morgan fingerprint density at radius 3 is 2.67 bits per heavy atom. The lowest BCUT2D eigenvalue weighted by Crippen LogP contribution is -2.37. The first-order valence-electron chi connectivity index (χ1n) is 6.89. The van der Waals surface area contributed by atoms with Crippen LogP contribution in [-0.4, -0.2) is 46.4 Å². The third kappa shape index (κ3) is 4.42. The maximum absolute atomic E-state index is 12.0. The Morgan fingerprint density at radius 1 is 1.38 bits per heavy atom. The molecule has 0 saturated heterocycles. The molecule has 1 fully saturated rings. The monoisotopic (exact) mass is 330 g/mol. The van der Waals surface area contributed by atoms with Crippen LogP contribution in [0.2, 0.25) is 0 Å². The minimum Gasteiger partial charge on any atom is -0.356 e. The first kappa shape index (κ1) is 16.3. The Bertz CT molecular complexity index is 603. The molecule has 0 spiro atoms. The van der Waals surface area contributed by atoms with Crippen LogP contribution < -0.4 is 10.6 Å². The van der Waals surface area contributed by atoms with Gasteiger partial charge < -0.3 is 10.6 Å². The van der Waals surface area contributed by atoms with Crippen LogP contribution in [0.1, 0.15) is 17.7 Å². The van der Waals surface area contributed by atoms with Gasteiger partial charge in [0.05, 0.1) is 6.54 Å². The molecular formula is C13H22N4O2S2. The summed E-state index contributed by atoms with van der Waals surface area (Å²) in [5, 5.41) is 6.48. The van der Waals surface area contributed by atoms with Crippen molar-refractivity contribution >= 4 is 27.3 Å². The van der Waals surface area contributed by atoms with Crippen LogP contribution in [0, 0.1) is 5.92 Å². The summed E-state index contributed by atoms with van der Waals surface area (Å²) >= 11 is 1.28. The molecule has 0 bridgehead atoms. The van der Waals surface area contributed by atoms with Crippen molar-refractivity contribution in [1.82, 2.24) is 14.9 Å². The lowest BCUT2D eigenvalue weighted by Gasteiger charge is -2.10. The zero-order valence-corrected chi connectivity index (χ0v) is 14.2. The highest BCUT2D eigenvalue weighted by Crippen LogP contribution is 2.27. The van der Waals surface area contributed by atoms with Crippen LogP contribution in [0.5, 0.6) is 0 Å². The van der Waals surface area contributed by atoms with Crippen molar-refractivity contribution in [3.8, 4) is 0 Å². The standard InChI is InChI=1S/C13H22N4O2S2/c1-14-13(15-8-10-4-5-10)16-9-11-6-7-12(20-11)21(18,19)17(2)3/h6-7,10H,4-5,8-9H2,1-3H3,(H2,14,15,16). The van der Waals surface area contributed by atoms with Gasteiger partial charge in [-0.3, -0.25) is 4.99 Å². The van der Waals surface area contributed by atoms with Crippen molar-refractivity contribution in [3.05, 3.63) is 17.0 Å². The Morgan fingerprint density at radius 2 is 2.10 bits per heavy atom. The summed E-state index contributed by atoms with van der Waals surface area (Å²) in [6, 6.07) is 3.49. The van der Waals surface area contributed by atoms with Gasteiger partial charge in [0, 0.05) is 32.6 Å². The van der Waals surface area contributed by atoms with Gasteiger partial charge in [-0.15, -0.1) is 11.3 Å². The van der Waals surface area contributed by atoms with Crippen LogP contribution in [0.25, 0.3) is 0 Å². The fourth-order valence-electron chi connectivity index (χ4n) is 1.73. The van der Waals surface area contributed by atoms with Gasteiger partial charge in [0.2, 0.25) is 0 Å². The molecule has 0 amide bonds. The van der Waals surface area contributed by atoms with Gasteiger partial charge in [-0.2, -0.15) is 0 Å². The van der Waals surface area contributed by atoms with Gasteiger partial charge in [-0.25, -0.2) is 12.7 Å². The van der Waals surface area contributed by atoms with Gasteiger partial charge in [-0.1, -0.05) is 0 Å². The summed E-state index contributed by atoms with van der Waals surface area (Å²) in [5.41, 5.74) is 0. The molecule has 0 radical (unpaired) electrons. The average molecular weight is 330 g/mol. The lowest BCUT2D eigenvalue weighted by atomic mass is 10.4. The van der Waals surface area contributed by atoms with E-state index in [4.69, 9.17) is 0 Å². The molecule has 0 unspecified atom stereocenters. The van der Waals surface area contributed by atoms with Crippen molar-refractivity contribution in [3.63, 3.8) is 0 Å². The highest BCUT2D eigenvalue weighted by atomic mass is 32.2. The Labute approximate surface area is 130 Å². The van der Waals surface area contributed by atoms with Gasteiger partial charge in [0.15, 0.2) is 5.96 Å². The number of hydrogen-bond donors (Lipinski definition) is 2. The van der Waals surface area contributed by atoms with E-state index in [1.165, 1.54) is 42.6 Å². The summed E-state index contributed by atoms with van der Waals surface area (Å²) in [7, 11) is 1.48. The maximum atomic E-state index is 12.0. The third-order valence-corrected chi connectivity index (χ3v) is 6.65. The van der Waals surface area contributed by atoms with E-state index in [0.717, 1.165) is 23.3 Å². The van der Waals surface area contributed by atoms with Crippen molar-refractivity contribution in [2.24, 2.45) is 10.9 Å². The van der Waals surface area contributed by atoms with Gasteiger partial charge >= 0.3 is 0 Å². The van der Waals surface area contributed by atoms with Crippen LogP contribution >= 0.6 is 11.3 Å². The molecule has 1 aromatic rings. The molecule has 2 N–H and O–H groups in total. The van der Waals surface area contributed by atoms with Crippen LogP contribution in [0.15, 0.2) is 21.3 Å². The number of hydrogen-bond acceptors (Lipinski definition) is 4. The highest BCUT2D eigenvalue weighted by Gasteiger charge is 2.21. The van der Waals surface area contributed by atoms with E-state index in [-0.39, 0.29) is 0 Å². The normalized spacial score (nSPS) is 16.3. The summed E-state index contributed by atoms with van der Waals surface area (Å²) in [6.45, 7) is 1.52. The lowest BCUT2D eigenvalue weighted by molar-refractivity contribution is 0.523. The van der Waals surface area contributed by atoms with Crippen LogP contribution in [-0.2, 0) is 16.6 Å². The molecule has 2 rings (SSSR count). The third-order valence-electron chi connectivity index (χ3n) is 3.28. The number of aliphatic imine (C=N–C) groups is 1. The second-order valence-corrected chi connectivity index (χ2v) is 8.81. The predicted molar refractivity (Wildman–Crippen MR) is 86.1 cm³/mol. The largest absolute Gasteiger partial charge is 0.356 e. The van der Waals surface area contributed by atoms with Crippen LogP contribution in [0.3, 0.4) is 0 Å². The van der Waals surface area contributed by atoms with Crippen molar-refractivity contribution < 1.29 is 8.42 Å². The van der Waals surface area contributed by atoms with E-state index >= 15 is 0 Å². The molecule has 8 heteroatoms. The molecule has 0 atom stereocenters. The van der Waals surface area contributed by atoms with Crippen molar-refractivity contribution in [1.29, 1.82) is 0 Å². The second kappa shape index (κ2) is 6.76. The van der Waals surface area contributed by atoms with Gasteiger partial charge in [-0.05, 0) is 30.9 Å². The first-order chi connectivity index (χ1) is 9.93. The number of guanidine groups is 1. The molecular weight excluding hydrogens is 308 g/mol. The average Bonchev–Trinajstić information content (AvgIpc) is 3.14. The van der Waals surface area contributed by atoms with E-state index in [2.05, 4.69) is 15.6 Å². The fraction of sp³-hybridized carbons (Fsp3) is 0.615. The molecule has 1 saturated carbocycles. The maximum Gasteiger partial charge on any atom is 0.252 e. The summed E-state index contributed by atoms with van der Waals surface area (Å²) in [5.74, 6) is 1.54. The fourth-order valence-corrected chi connectivity index (χ4v) is 4.19. The minimum absolute atomic E-state index is 0.366. The summed E-state index contributed by atoms with van der Waals surface area (Å²) in [4.78, 5) is 5.12. The van der Waals surface area contributed by atoms with E-state index in [1.54, 1.807) is 13.1 Å². The second-order valence-electron chi connectivity index (χ2n) is 5.26.